The largest absolute Gasteiger partial charge is 0.355 e. The minimum absolute atomic E-state index is 0.161. The minimum Gasteiger partial charge on any atom is -0.355 e. The summed E-state index contributed by atoms with van der Waals surface area (Å²) < 4.78 is 28.1. The van der Waals surface area contributed by atoms with Crippen LogP contribution in [0.15, 0.2) is 33.6 Å². The van der Waals surface area contributed by atoms with Crippen molar-refractivity contribution in [2.75, 3.05) is 19.6 Å². The van der Waals surface area contributed by atoms with Gasteiger partial charge in [0.05, 0.1) is 0 Å². The van der Waals surface area contributed by atoms with Gasteiger partial charge in [-0.2, -0.15) is 8.42 Å². The van der Waals surface area contributed by atoms with Gasteiger partial charge in [-0.1, -0.05) is 19.1 Å². The number of benzene rings is 1. The highest BCUT2D eigenvalue weighted by Crippen LogP contribution is 2.33. The molecule has 2 heterocycles. The van der Waals surface area contributed by atoms with Gasteiger partial charge in [0.1, 0.15) is 4.90 Å². The van der Waals surface area contributed by atoms with Crippen LogP contribution in [-0.2, 0) is 10.0 Å². The summed E-state index contributed by atoms with van der Waals surface area (Å²) in [5.74, 6) is 0.597. The van der Waals surface area contributed by atoms with Crippen molar-refractivity contribution in [1.29, 1.82) is 0 Å². The maximum absolute atomic E-state index is 12.1. The number of rotatable bonds is 1. The Morgan fingerprint density at radius 2 is 1.95 bits per heavy atom. The lowest BCUT2D eigenvalue weighted by molar-refractivity contribution is 0.176. The first-order valence-corrected chi connectivity index (χ1v) is 8.29. The molecule has 1 fully saturated rings. The van der Waals surface area contributed by atoms with Crippen molar-refractivity contribution in [3.05, 3.63) is 29.8 Å². The van der Waals surface area contributed by atoms with Crippen LogP contribution in [0.5, 0.6) is 0 Å². The third kappa shape index (κ3) is 2.13. The van der Waals surface area contributed by atoms with E-state index < -0.39 is 10.0 Å². The summed E-state index contributed by atoms with van der Waals surface area (Å²) in [6, 6.07) is 7.03. The van der Waals surface area contributed by atoms with Crippen LogP contribution in [0, 0.1) is 5.41 Å². The molecule has 0 spiro atoms. The molecule has 0 atom stereocenters. The van der Waals surface area contributed by atoms with Crippen molar-refractivity contribution in [2.45, 2.75) is 24.7 Å². The van der Waals surface area contributed by atoms with Gasteiger partial charge < -0.3 is 10.6 Å². The zero-order valence-corrected chi connectivity index (χ0v) is 12.4. The van der Waals surface area contributed by atoms with Crippen LogP contribution < -0.4 is 5.73 Å². The zero-order chi connectivity index (χ0) is 14.4. The van der Waals surface area contributed by atoms with Crippen LogP contribution in [-0.4, -0.2) is 38.8 Å². The fourth-order valence-electron chi connectivity index (χ4n) is 2.78. The first-order valence-electron chi connectivity index (χ1n) is 6.85. The molecule has 0 amide bonds. The van der Waals surface area contributed by atoms with Gasteiger partial charge in [-0.05, 0) is 36.9 Å². The first-order chi connectivity index (χ1) is 9.45. The summed E-state index contributed by atoms with van der Waals surface area (Å²) in [5.41, 5.74) is 6.70. The van der Waals surface area contributed by atoms with Crippen LogP contribution in [0.3, 0.4) is 0 Å². The highest BCUT2D eigenvalue weighted by atomic mass is 32.2. The number of fused-ring (bicyclic) bond motifs is 1. The Morgan fingerprint density at radius 1 is 1.30 bits per heavy atom. The zero-order valence-electron chi connectivity index (χ0n) is 11.5. The highest BCUT2D eigenvalue weighted by molar-refractivity contribution is 7.90. The van der Waals surface area contributed by atoms with Crippen LogP contribution in [0.25, 0.3) is 0 Å². The normalized spacial score (nSPS) is 23.3. The molecule has 0 aliphatic carbocycles. The van der Waals surface area contributed by atoms with E-state index in [1.54, 1.807) is 12.1 Å². The van der Waals surface area contributed by atoms with E-state index in [1.807, 2.05) is 12.1 Å². The highest BCUT2D eigenvalue weighted by Gasteiger charge is 2.35. The second-order valence-corrected chi connectivity index (χ2v) is 7.46. The van der Waals surface area contributed by atoms with Crippen LogP contribution in [0.1, 0.15) is 25.3 Å². The summed E-state index contributed by atoms with van der Waals surface area (Å²) in [5, 5.41) is 0. The molecule has 20 heavy (non-hydrogen) atoms. The van der Waals surface area contributed by atoms with E-state index in [0.29, 0.717) is 17.3 Å². The fourth-order valence-corrected chi connectivity index (χ4v) is 4.01. The van der Waals surface area contributed by atoms with E-state index in [1.165, 1.54) is 0 Å². The van der Waals surface area contributed by atoms with Crippen molar-refractivity contribution >= 4 is 15.9 Å². The maximum Gasteiger partial charge on any atom is 0.285 e. The van der Waals surface area contributed by atoms with E-state index in [2.05, 4.69) is 16.2 Å². The van der Waals surface area contributed by atoms with Gasteiger partial charge in [-0.25, -0.2) is 0 Å². The molecule has 2 N–H and O–H groups in total. The van der Waals surface area contributed by atoms with Gasteiger partial charge in [-0.15, -0.1) is 4.40 Å². The van der Waals surface area contributed by atoms with Gasteiger partial charge in [0, 0.05) is 18.7 Å². The molecule has 1 aromatic rings. The van der Waals surface area contributed by atoms with Crippen molar-refractivity contribution in [3.63, 3.8) is 0 Å². The Morgan fingerprint density at radius 3 is 2.60 bits per heavy atom. The van der Waals surface area contributed by atoms with Crippen molar-refractivity contribution in [3.8, 4) is 0 Å². The standard InChI is InChI=1S/C14H19N3O2S/c1-14(10-15)6-8-17(9-7-14)13-11-4-2-3-5-12(11)20(18,19)16-13/h2-5H,6-10,15H2,1H3. The molecule has 108 valence electrons. The average Bonchev–Trinajstić information content (AvgIpc) is 2.72. The predicted octanol–water partition coefficient (Wildman–Crippen LogP) is 1.20. The van der Waals surface area contributed by atoms with Gasteiger partial charge in [0.25, 0.3) is 10.0 Å². The number of nitrogens with zero attached hydrogens (tertiary/aromatic N) is 2. The molecule has 0 unspecified atom stereocenters. The minimum atomic E-state index is -3.52. The lowest BCUT2D eigenvalue weighted by Crippen LogP contribution is -2.44. The summed E-state index contributed by atoms with van der Waals surface area (Å²) in [6.45, 7) is 4.46. The molecule has 0 saturated carbocycles. The lowest BCUT2D eigenvalue weighted by atomic mass is 9.80. The molecule has 1 saturated heterocycles. The van der Waals surface area contributed by atoms with Crippen molar-refractivity contribution < 1.29 is 8.42 Å². The second-order valence-electron chi connectivity index (χ2n) is 5.89. The van der Waals surface area contributed by atoms with E-state index in [0.717, 1.165) is 31.5 Å². The molecule has 1 aromatic carbocycles. The monoisotopic (exact) mass is 293 g/mol. The molecule has 0 bridgehead atoms. The van der Waals surface area contributed by atoms with Gasteiger partial charge >= 0.3 is 0 Å². The Hall–Kier alpha value is -1.40. The topological polar surface area (TPSA) is 75.8 Å². The Balaban J connectivity index is 1.90. The van der Waals surface area contributed by atoms with E-state index in [-0.39, 0.29) is 5.41 Å². The number of sulfonamides is 1. The first kappa shape index (κ1) is 13.6. The van der Waals surface area contributed by atoms with Gasteiger partial charge in [-0.3, -0.25) is 0 Å². The molecule has 3 rings (SSSR count). The summed E-state index contributed by atoms with van der Waals surface area (Å²) in [4.78, 5) is 2.39. The Kier molecular flexibility index (Phi) is 3.10. The van der Waals surface area contributed by atoms with Gasteiger partial charge in [0.15, 0.2) is 5.84 Å². The number of likely N-dealkylation sites (tertiary alicyclic amines) is 1. The number of amidine groups is 1. The predicted molar refractivity (Wildman–Crippen MR) is 78.1 cm³/mol. The number of piperidine rings is 1. The molecule has 2 aliphatic heterocycles. The number of hydrogen-bond acceptors (Lipinski definition) is 4. The van der Waals surface area contributed by atoms with E-state index in [9.17, 15) is 8.42 Å². The number of nitrogens with two attached hydrogens (primary N) is 1. The second kappa shape index (κ2) is 4.56. The molecule has 2 aliphatic rings. The maximum atomic E-state index is 12.1. The van der Waals surface area contributed by atoms with E-state index >= 15 is 0 Å². The van der Waals surface area contributed by atoms with Crippen LogP contribution in [0.2, 0.25) is 0 Å². The molecular formula is C14H19N3O2S. The molecule has 6 heteroatoms. The summed E-state index contributed by atoms with van der Waals surface area (Å²) in [6.07, 6.45) is 1.93. The number of hydrogen-bond donors (Lipinski definition) is 1. The third-order valence-electron chi connectivity index (χ3n) is 4.38. The summed E-state index contributed by atoms with van der Waals surface area (Å²) >= 11 is 0. The molecule has 0 aromatic heterocycles. The summed E-state index contributed by atoms with van der Waals surface area (Å²) in [7, 11) is -3.52. The Labute approximate surface area is 119 Å². The molecule has 0 radical (unpaired) electrons. The smallest absolute Gasteiger partial charge is 0.285 e. The van der Waals surface area contributed by atoms with E-state index in [4.69, 9.17) is 5.73 Å². The van der Waals surface area contributed by atoms with Crippen LogP contribution in [0.4, 0.5) is 0 Å². The van der Waals surface area contributed by atoms with Crippen molar-refractivity contribution in [1.82, 2.24) is 4.90 Å². The third-order valence-corrected chi connectivity index (χ3v) is 5.70. The van der Waals surface area contributed by atoms with Gasteiger partial charge in [0.2, 0.25) is 0 Å². The quantitative estimate of drug-likeness (QED) is 0.844. The lowest BCUT2D eigenvalue weighted by Gasteiger charge is -2.39. The Bertz CT molecular complexity index is 659. The molecule has 5 nitrogen and oxygen atoms in total. The average molecular weight is 293 g/mol. The SMILES string of the molecule is CC1(CN)CCN(C2=NS(=O)(=O)c3ccccc32)CC1. The molecular weight excluding hydrogens is 274 g/mol. The van der Waals surface area contributed by atoms with Crippen LogP contribution >= 0.6 is 0 Å². The van der Waals surface area contributed by atoms with Crippen molar-refractivity contribution in [2.24, 2.45) is 15.5 Å². The fraction of sp³-hybridized carbons (Fsp3) is 0.500.